The molecule has 0 saturated heterocycles. The van der Waals surface area contributed by atoms with E-state index in [0.717, 1.165) is 22.4 Å². The van der Waals surface area contributed by atoms with E-state index in [0.29, 0.717) is 11.5 Å². The number of hydrazone groups is 1. The molecule has 0 saturated carbocycles. The SMILES string of the molecule is C/C(=N\NC(=O)COc1ccccc1-c1ccccc1)c1ccc(-n2cncn2)cc1. The van der Waals surface area contributed by atoms with Gasteiger partial charge in [-0.05, 0) is 36.2 Å². The number of para-hydroxylation sites is 1. The summed E-state index contributed by atoms with van der Waals surface area (Å²) in [5, 5.41) is 8.28. The smallest absolute Gasteiger partial charge is 0.277 e. The van der Waals surface area contributed by atoms with E-state index in [9.17, 15) is 4.79 Å². The van der Waals surface area contributed by atoms with Crippen LogP contribution in [0.2, 0.25) is 0 Å². The second-order valence-electron chi connectivity index (χ2n) is 6.77. The van der Waals surface area contributed by atoms with Crippen LogP contribution in [0.4, 0.5) is 0 Å². The number of nitrogens with one attached hydrogen (secondary N) is 1. The second-order valence-corrected chi connectivity index (χ2v) is 6.77. The van der Waals surface area contributed by atoms with Crippen molar-refractivity contribution in [2.24, 2.45) is 5.10 Å². The van der Waals surface area contributed by atoms with Crippen LogP contribution in [0.3, 0.4) is 0 Å². The lowest BCUT2D eigenvalue weighted by Crippen LogP contribution is -2.25. The lowest BCUT2D eigenvalue weighted by molar-refractivity contribution is -0.123. The predicted octanol–water partition coefficient (Wildman–Crippen LogP) is 3.85. The first-order chi connectivity index (χ1) is 15.2. The van der Waals surface area contributed by atoms with Crippen LogP contribution in [0, 0.1) is 0 Å². The Morgan fingerprint density at radius 3 is 2.48 bits per heavy atom. The van der Waals surface area contributed by atoms with Gasteiger partial charge in [0.25, 0.3) is 5.91 Å². The summed E-state index contributed by atoms with van der Waals surface area (Å²) in [5.41, 5.74) is 6.98. The molecule has 0 spiro atoms. The van der Waals surface area contributed by atoms with Gasteiger partial charge in [-0.1, -0.05) is 60.7 Å². The molecule has 1 aromatic heterocycles. The van der Waals surface area contributed by atoms with Crippen molar-refractivity contribution in [3.63, 3.8) is 0 Å². The van der Waals surface area contributed by atoms with Crippen molar-refractivity contribution in [3.8, 4) is 22.6 Å². The van der Waals surface area contributed by atoms with E-state index in [1.165, 1.54) is 6.33 Å². The van der Waals surface area contributed by atoms with Crippen molar-refractivity contribution in [3.05, 3.63) is 97.1 Å². The third-order valence-corrected chi connectivity index (χ3v) is 4.65. The molecule has 0 aliphatic rings. The Hall–Kier alpha value is -4.26. The van der Waals surface area contributed by atoms with E-state index in [2.05, 4.69) is 20.6 Å². The number of carbonyl (C=O) groups is 1. The number of hydrogen-bond donors (Lipinski definition) is 1. The molecule has 0 unspecified atom stereocenters. The fourth-order valence-corrected chi connectivity index (χ4v) is 3.03. The first-order valence-electron chi connectivity index (χ1n) is 9.76. The van der Waals surface area contributed by atoms with Crippen LogP contribution in [0.5, 0.6) is 5.75 Å². The van der Waals surface area contributed by atoms with Gasteiger partial charge in [0, 0.05) is 5.56 Å². The highest BCUT2D eigenvalue weighted by Gasteiger charge is 2.08. The third-order valence-electron chi connectivity index (χ3n) is 4.65. The van der Waals surface area contributed by atoms with Gasteiger partial charge in [0.2, 0.25) is 0 Å². The molecule has 31 heavy (non-hydrogen) atoms. The molecule has 0 atom stereocenters. The molecular formula is C24H21N5O2. The highest BCUT2D eigenvalue weighted by Crippen LogP contribution is 2.29. The number of aromatic nitrogens is 3. The van der Waals surface area contributed by atoms with Crippen LogP contribution < -0.4 is 10.2 Å². The normalized spacial score (nSPS) is 11.2. The average molecular weight is 411 g/mol. The molecule has 0 aliphatic heterocycles. The minimum Gasteiger partial charge on any atom is -0.483 e. The summed E-state index contributed by atoms with van der Waals surface area (Å²) < 4.78 is 7.42. The molecular weight excluding hydrogens is 390 g/mol. The first kappa shape index (κ1) is 20.0. The maximum Gasteiger partial charge on any atom is 0.277 e. The van der Waals surface area contributed by atoms with Gasteiger partial charge in [0.15, 0.2) is 6.61 Å². The third kappa shape index (κ3) is 5.02. The monoisotopic (exact) mass is 411 g/mol. The first-order valence-corrected chi connectivity index (χ1v) is 9.76. The van der Waals surface area contributed by atoms with Crippen LogP contribution >= 0.6 is 0 Å². The minimum atomic E-state index is -0.332. The summed E-state index contributed by atoms with van der Waals surface area (Å²) in [6.45, 7) is 1.70. The lowest BCUT2D eigenvalue weighted by Gasteiger charge is -2.11. The van der Waals surface area contributed by atoms with Gasteiger partial charge in [0.05, 0.1) is 11.4 Å². The summed E-state index contributed by atoms with van der Waals surface area (Å²) in [5.74, 6) is 0.315. The minimum absolute atomic E-state index is 0.133. The standard InChI is InChI=1S/C24H21N5O2/c1-18(19-11-13-21(14-12-19)29-17-25-16-26-29)27-28-24(30)15-31-23-10-6-5-9-22(23)20-7-3-2-4-8-20/h2-14,16-17H,15H2,1H3,(H,28,30)/b27-18+. The molecule has 4 aromatic rings. The van der Waals surface area contributed by atoms with Crippen LogP contribution in [0.25, 0.3) is 16.8 Å². The number of rotatable bonds is 7. The maximum absolute atomic E-state index is 12.2. The Labute approximate surface area is 180 Å². The highest BCUT2D eigenvalue weighted by molar-refractivity contribution is 5.99. The summed E-state index contributed by atoms with van der Waals surface area (Å²) in [6, 6.07) is 25.2. The fraction of sp³-hybridized carbons (Fsp3) is 0.0833. The molecule has 0 aliphatic carbocycles. The van der Waals surface area contributed by atoms with Crippen LogP contribution in [0.15, 0.2) is 96.6 Å². The Balaban J connectivity index is 1.36. The summed E-state index contributed by atoms with van der Waals surface area (Å²) in [7, 11) is 0. The number of ether oxygens (including phenoxy) is 1. The van der Waals surface area contributed by atoms with Gasteiger partial charge in [-0.3, -0.25) is 4.79 Å². The molecule has 1 N–H and O–H groups in total. The quantitative estimate of drug-likeness (QED) is 0.370. The van der Waals surface area contributed by atoms with Crippen molar-refractivity contribution >= 4 is 11.6 Å². The molecule has 0 radical (unpaired) electrons. The van der Waals surface area contributed by atoms with Gasteiger partial charge in [-0.15, -0.1) is 0 Å². The van der Waals surface area contributed by atoms with E-state index in [1.807, 2.05) is 85.8 Å². The maximum atomic E-state index is 12.2. The summed E-state index contributed by atoms with van der Waals surface area (Å²) in [4.78, 5) is 16.2. The van der Waals surface area contributed by atoms with E-state index >= 15 is 0 Å². The summed E-state index contributed by atoms with van der Waals surface area (Å²) >= 11 is 0. The molecule has 1 heterocycles. The van der Waals surface area contributed by atoms with Crippen molar-refractivity contribution in [2.45, 2.75) is 6.92 Å². The van der Waals surface area contributed by atoms with Gasteiger partial charge in [-0.2, -0.15) is 10.2 Å². The van der Waals surface area contributed by atoms with E-state index in [4.69, 9.17) is 4.74 Å². The Morgan fingerprint density at radius 1 is 1.00 bits per heavy atom. The second kappa shape index (κ2) is 9.49. The molecule has 7 heteroatoms. The molecule has 0 fully saturated rings. The van der Waals surface area contributed by atoms with Crippen molar-refractivity contribution < 1.29 is 9.53 Å². The van der Waals surface area contributed by atoms with Gasteiger partial charge in [0.1, 0.15) is 18.4 Å². The number of carbonyl (C=O) groups excluding carboxylic acids is 1. The summed E-state index contributed by atoms with van der Waals surface area (Å²) in [6.07, 6.45) is 3.11. The zero-order valence-corrected chi connectivity index (χ0v) is 17.0. The zero-order chi connectivity index (χ0) is 21.5. The topological polar surface area (TPSA) is 81.4 Å². The Bertz CT molecular complexity index is 1170. The van der Waals surface area contributed by atoms with Gasteiger partial charge < -0.3 is 4.74 Å². The Morgan fingerprint density at radius 2 is 1.74 bits per heavy atom. The van der Waals surface area contributed by atoms with Crippen LogP contribution in [-0.4, -0.2) is 33.0 Å². The Kier molecular flexibility index (Phi) is 6.13. The van der Waals surface area contributed by atoms with Gasteiger partial charge in [-0.25, -0.2) is 15.1 Å². The van der Waals surface area contributed by atoms with Crippen molar-refractivity contribution in [2.75, 3.05) is 6.61 Å². The average Bonchev–Trinajstić information content (AvgIpc) is 3.37. The fourth-order valence-electron chi connectivity index (χ4n) is 3.03. The molecule has 1 amide bonds. The van der Waals surface area contributed by atoms with Crippen LogP contribution in [0.1, 0.15) is 12.5 Å². The number of nitrogens with zero attached hydrogens (tertiary/aromatic N) is 4. The molecule has 154 valence electrons. The number of benzene rings is 3. The van der Waals surface area contributed by atoms with Crippen LogP contribution in [-0.2, 0) is 4.79 Å². The van der Waals surface area contributed by atoms with Crippen molar-refractivity contribution in [1.82, 2.24) is 20.2 Å². The van der Waals surface area contributed by atoms with Gasteiger partial charge >= 0.3 is 0 Å². The number of hydrogen-bond acceptors (Lipinski definition) is 5. The lowest BCUT2D eigenvalue weighted by atomic mass is 10.1. The predicted molar refractivity (Wildman–Crippen MR) is 119 cm³/mol. The number of amides is 1. The van der Waals surface area contributed by atoms with E-state index in [1.54, 1.807) is 11.0 Å². The molecule has 0 bridgehead atoms. The van der Waals surface area contributed by atoms with E-state index in [-0.39, 0.29) is 12.5 Å². The molecule has 4 rings (SSSR count). The highest BCUT2D eigenvalue weighted by atomic mass is 16.5. The largest absolute Gasteiger partial charge is 0.483 e. The molecule has 3 aromatic carbocycles. The van der Waals surface area contributed by atoms with E-state index < -0.39 is 0 Å². The zero-order valence-electron chi connectivity index (χ0n) is 17.0. The molecule has 7 nitrogen and oxygen atoms in total. The van der Waals surface area contributed by atoms with Crippen molar-refractivity contribution in [1.29, 1.82) is 0 Å².